The number of aliphatic hydroxyl groups is 1. The van der Waals surface area contributed by atoms with Crippen molar-refractivity contribution >= 4 is 5.82 Å². The molecule has 0 radical (unpaired) electrons. The number of anilines is 1. The van der Waals surface area contributed by atoms with Gasteiger partial charge in [-0.15, -0.1) is 0 Å². The summed E-state index contributed by atoms with van der Waals surface area (Å²) >= 11 is 0. The highest BCUT2D eigenvalue weighted by molar-refractivity contribution is 5.47. The molecule has 0 aromatic carbocycles. The summed E-state index contributed by atoms with van der Waals surface area (Å²) < 4.78 is 0. The van der Waals surface area contributed by atoms with Crippen LogP contribution >= 0.6 is 0 Å². The topological polar surface area (TPSA) is 39.6 Å². The largest absolute Gasteiger partial charge is 0.389 e. The van der Waals surface area contributed by atoms with Crippen molar-refractivity contribution in [1.29, 1.82) is 0 Å². The molecule has 4 nitrogen and oxygen atoms in total. The maximum absolute atomic E-state index is 9.82. The van der Waals surface area contributed by atoms with Gasteiger partial charge in [0.1, 0.15) is 5.82 Å². The first kappa shape index (κ1) is 14.9. The summed E-state index contributed by atoms with van der Waals surface area (Å²) in [6.07, 6.45) is 2.38. The monoisotopic (exact) mass is 251 g/mol. The third-order valence-corrected chi connectivity index (χ3v) is 2.88. The van der Waals surface area contributed by atoms with Crippen molar-refractivity contribution in [2.24, 2.45) is 0 Å². The summed E-state index contributed by atoms with van der Waals surface area (Å²) in [6, 6.07) is 3.83. The lowest BCUT2D eigenvalue weighted by molar-refractivity contribution is 0.199. The van der Waals surface area contributed by atoms with Gasteiger partial charge in [0.25, 0.3) is 0 Å². The van der Waals surface area contributed by atoms with Gasteiger partial charge in [-0.2, -0.15) is 0 Å². The van der Waals surface area contributed by atoms with Crippen LogP contribution < -0.4 is 4.90 Å². The molecule has 1 atom stereocenters. The second-order valence-electron chi connectivity index (χ2n) is 4.88. The van der Waals surface area contributed by atoms with E-state index in [1.165, 1.54) is 0 Å². The van der Waals surface area contributed by atoms with Crippen molar-refractivity contribution in [3.8, 4) is 0 Å². The van der Waals surface area contributed by atoms with E-state index in [0.29, 0.717) is 0 Å². The van der Waals surface area contributed by atoms with Crippen LogP contribution in [0.4, 0.5) is 5.82 Å². The Morgan fingerprint density at radius 3 is 2.56 bits per heavy atom. The van der Waals surface area contributed by atoms with Gasteiger partial charge in [0.2, 0.25) is 0 Å². The Morgan fingerprint density at radius 1 is 1.28 bits per heavy atom. The molecule has 1 heterocycles. The number of hydrogen-bond donors (Lipinski definition) is 1. The summed E-state index contributed by atoms with van der Waals surface area (Å²) in [5.41, 5.74) is 0.907. The minimum atomic E-state index is -0.479. The van der Waals surface area contributed by atoms with Crippen LogP contribution in [-0.2, 0) is 0 Å². The maximum Gasteiger partial charge on any atom is 0.134 e. The molecule has 0 bridgehead atoms. The van der Waals surface area contributed by atoms with Crippen LogP contribution in [0.3, 0.4) is 0 Å². The lowest BCUT2D eigenvalue weighted by Gasteiger charge is -2.27. The molecule has 0 unspecified atom stereocenters. The molecule has 18 heavy (non-hydrogen) atoms. The maximum atomic E-state index is 9.82. The Labute approximate surface area is 110 Å². The zero-order chi connectivity index (χ0) is 13.5. The van der Waals surface area contributed by atoms with Crippen LogP contribution in [0.15, 0.2) is 18.3 Å². The van der Waals surface area contributed by atoms with Crippen molar-refractivity contribution in [2.75, 3.05) is 38.6 Å². The van der Waals surface area contributed by atoms with Gasteiger partial charge in [0, 0.05) is 31.4 Å². The van der Waals surface area contributed by atoms with Crippen molar-refractivity contribution in [3.05, 3.63) is 23.9 Å². The first-order valence-electron chi connectivity index (χ1n) is 6.59. The van der Waals surface area contributed by atoms with E-state index in [2.05, 4.69) is 35.8 Å². The molecule has 1 N–H and O–H groups in total. The number of aromatic nitrogens is 1. The lowest BCUT2D eigenvalue weighted by Crippen LogP contribution is -2.33. The number of likely N-dealkylation sites (N-methyl/N-ethyl adjacent to an activating group) is 1. The van der Waals surface area contributed by atoms with E-state index < -0.39 is 6.10 Å². The number of pyridine rings is 1. The fourth-order valence-electron chi connectivity index (χ4n) is 1.91. The van der Waals surface area contributed by atoms with Crippen molar-refractivity contribution in [1.82, 2.24) is 9.88 Å². The lowest BCUT2D eigenvalue weighted by atomic mass is 10.1. The molecule has 0 amide bonds. The zero-order valence-corrected chi connectivity index (χ0v) is 11.9. The van der Waals surface area contributed by atoms with Gasteiger partial charge in [-0.1, -0.05) is 13.0 Å². The molecule has 0 aliphatic carbocycles. The van der Waals surface area contributed by atoms with Crippen LogP contribution in [0.1, 0.15) is 31.9 Å². The predicted molar refractivity (Wildman–Crippen MR) is 75.9 cm³/mol. The molecule has 102 valence electrons. The molecule has 0 saturated carbocycles. The van der Waals surface area contributed by atoms with Crippen LogP contribution in [0.25, 0.3) is 0 Å². The molecule has 1 aromatic rings. The summed E-state index contributed by atoms with van der Waals surface area (Å²) in [4.78, 5) is 8.86. The van der Waals surface area contributed by atoms with E-state index in [9.17, 15) is 5.11 Å². The Kier molecular flexibility index (Phi) is 6.09. The second-order valence-corrected chi connectivity index (χ2v) is 4.88. The molecular formula is C14H25N3O. The average molecular weight is 251 g/mol. The fourth-order valence-corrected chi connectivity index (χ4v) is 1.91. The third-order valence-electron chi connectivity index (χ3n) is 2.88. The van der Waals surface area contributed by atoms with Gasteiger partial charge >= 0.3 is 0 Å². The van der Waals surface area contributed by atoms with E-state index in [1.807, 2.05) is 12.1 Å². The molecule has 0 spiro atoms. The van der Waals surface area contributed by atoms with E-state index in [4.69, 9.17) is 0 Å². The minimum absolute atomic E-state index is 0.479. The molecule has 1 rings (SSSR count). The minimum Gasteiger partial charge on any atom is -0.389 e. The van der Waals surface area contributed by atoms with E-state index in [-0.39, 0.29) is 0 Å². The number of hydrogen-bond acceptors (Lipinski definition) is 4. The summed E-state index contributed by atoms with van der Waals surface area (Å²) in [5.74, 6) is 0.913. The van der Waals surface area contributed by atoms with Gasteiger partial charge < -0.3 is 14.9 Å². The van der Waals surface area contributed by atoms with Gasteiger partial charge in [0.15, 0.2) is 0 Å². The highest BCUT2D eigenvalue weighted by atomic mass is 16.3. The van der Waals surface area contributed by atoms with Crippen LogP contribution in [0.5, 0.6) is 0 Å². The number of aliphatic hydroxyl groups excluding tert-OH is 1. The quantitative estimate of drug-likeness (QED) is 0.803. The van der Waals surface area contributed by atoms with E-state index in [0.717, 1.165) is 37.4 Å². The van der Waals surface area contributed by atoms with Crippen LogP contribution in [0.2, 0.25) is 0 Å². The third kappa shape index (κ3) is 4.27. The molecule has 1 aromatic heterocycles. The molecular weight excluding hydrogens is 226 g/mol. The molecule has 4 heteroatoms. The van der Waals surface area contributed by atoms with Crippen molar-refractivity contribution < 1.29 is 5.11 Å². The first-order valence-corrected chi connectivity index (χ1v) is 6.59. The molecule has 0 aliphatic heterocycles. The first-order chi connectivity index (χ1) is 8.56. The Morgan fingerprint density at radius 2 is 2.00 bits per heavy atom. The van der Waals surface area contributed by atoms with Gasteiger partial charge in [-0.05, 0) is 33.5 Å². The van der Waals surface area contributed by atoms with Gasteiger partial charge in [0.05, 0.1) is 6.10 Å². The Bertz CT molecular complexity index is 353. The Hall–Kier alpha value is -1.13. The van der Waals surface area contributed by atoms with Crippen molar-refractivity contribution in [2.45, 2.75) is 26.4 Å². The molecule has 0 saturated heterocycles. The SMILES string of the molecule is CCCN(CCN(C)C)c1ncccc1[C@H](C)O. The van der Waals surface area contributed by atoms with E-state index >= 15 is 0 Å². The summed E-state index contributed by atoms with van der Waals surface area (Å²) in [7, 11) is 4.14. The summed E-state index contributed by atoms with van der Waals surface area (Å²) in [6.45, 7) is 6.82. The van der Waals surface area contributed by atoms with E-state index in [1.54, 1.807) is 13.1 Å². The Balaban J connectivity index is 2.90. The fraction of sp³-hybridized carbons (Fsp3) is 0.643. The van der Waals surface area contributed by atoms with Crippen LogP contribution in [-0.4, -0.2) is 48.7 Å². The number of rotatable bonds is 7. The highest BCUT2D eigenvalue weighted by Crippen LogP contribution is 2.23. The second kappa shape index (κ2) is 7.34. The molecule has 0 aliphatic rings. The highest BCUT2D eigenvalue weighted by Gasteiger charge is 2.14. The smallest absolute Gasteiger partial charge is 0.134 e. The predicted octanol–water partition coefficient (Wildman–Crippen LogP) is 1.91. The van der Waals surface area contributed by atoms with Gasteiger partial charge in [-0.3, -0.25) is 0 Å². The van der Waals surface area contributed by atoms with Crippen LogP contribution in [0, 0.1) is 0 Å². The molecule has 0 fully saturated rings. The average Bonchev–Trinajstić information content (AvgIpc) is 2.34. The van der Waals surface area contributed by atoms with Crippen molar-refractivity contribution in [3.63, 3.8) is 0 Å². The van der Waals surface area contributed by atoms with Gasteiger partial charge in [-0.25, -0.2) is 4.98 Å². The summed E-state index contributed by atoms with van der Waals surface area (Å²) in [5, 5.41) is 9.82. The normalized spacial score (nSPS) is 12.8. The zero-order valence-electron chi connectivity index (χ0n) is 11.9. The standard InChI is InChI=1S/C14H25N3O/c1-5-9-17(11-10-16(3)4)14-13(12(2)18)7-6-8-15-14/h6-8,12,18H,5,9-11H2,1-4H3/t12-/m0/s1. The number of nitrogens with zero attached hydrogens (tertiary/aromatic N) is 3.